The Morgan fingerprint density at radius 3 is 2.06 bits per heavy atom. The van der Waals surface area contributed by atoms with Gasteiger partial charge in [-0.1, -0.05) is 24.3 Å². The average molecular weight is 461 g/mol. The maximum absolute atomic E-state index is 12.5. The first-order chi connectivity index (χ1) is 16.4. The molecule has 3 N–H and O–H groups in total. The molecule has 174 valence electrons. The molecule has 0 saturated carbocycles. The molecular formula is C25H23N3O6. The fourth-order valence-corrected chi connectivity index (χ4v) is 2.85. The molecule has 0 aliphatic heterocycles. The number of amides is 3. The minimum Gasteiger partial charge on any atom is -0.434 e. The summed E-state index contributed by atoms with van der Waals surface area (Å²) in [6.45, 7) is 1.66. The van der Waals surface area contributed by atoms with E-state index in [9.17, 15) is 19.2 Å². The van der Waals surface area contributed by atoms with Crippen molar-refractivity contribution in [2.45, 2.75) is 6.92 Å². The predicted octanol–water partition coefficient (Wildman–Crippen LogP) is 3.84. The zero-order chi connectivity index (χ0) is 24.3. The van der Waals surface area contributed by atoms with Gasteiger partial charge in [-0.25, -0.2) is 4.79 Å². The lowest BCUT2D eigenvalue weighted by molar-refractivity contribution is -0.115. The second-order valence-corrected chi connectivity index (χ2v) is 6.94. The van der Waals surface area contributed by atoms with Crippen molar-refractivity contribution >= 4 is 35.3 Å². The van der Waals surface area contributed by atoms with Gasteiger partial charge in [0.15, 0.2) is 0 Å². The molecule has 34 heavy (non-hydrogen) atoms. The van der Waals surface area contributed by atoms with E-state index in [1.54, 1.807) is 61.5 Å². The SMILES string of the molecule is CCOC(=O)Oc1ccc(C(=O)Nc2cccc(NC(=O)CNC(=O)c3ccccc3)c2)cc1. The highest BCUT2D eigenvalue weighted by Gasteiger charge is 2.11. The lowest BCUT2D eigenvalue weighted by Crippen LogP contribution is -2.32. The zero-order valence-electron chi connectivity index (χ0n) is 18.4. The molecule has 9 heteroatoms. The molecule has 3 aromatic rings. The summed E-state index contributed by atoms with van der Waals surface area (Å²) in [5, 5.41) is 7.96. The van der Waals surface area contributed by atoms with E-state index in [0.29, 0.717) is 22.5 Å². The van der Waals surface area contributed by atoms with E-state index in [1.165, 1.54) is 24.3 Å². The first kappa shape index (κ1) is 24.0. The Morgan fingerprint density at radius 1 is 0.735 bits per heavy atom. The van der Waals surface area contributed by atoms with Crippen molar-refractivity contribution in [3.63, 3.8) is 0 Å². The topological polar surface area (TPSA) is 123 Å². The Hall–Kier alpha value is -4.66. The summed E-state index contributed by atoms with van der Waals surface area (Å²) in [5.74, 6) is -0.902. The highest BCUT2D eigenvalue weighted by Crippen LogP contribution is 2.18. The molecule has 0 fully saturated rings. The van der Waals surface area contributed by atoms with Gasteiger partial charge in [0.2, 0.25) is 5.91 Å². The third-order valence-corrected chi connectivity index (χ3v) is 4.43. The minimum absolute atomic E-state index is 0.196. The van der Waals surface area contributed by atoms with E-state index >= 15 is 0 Å². The van der Waals surface area contributed by atoms with Gasteiger partial charge in [-0.2, -0.15) is 0 Å². The highest BCUT2D eigenvalue weighted by atomic mass is 16.7. The van der Waals surface area contributed by atoms with Crippen molar-refractivity contribution < 1.29 is 28.7 Å². The van der Waals surface area contributed by atoms with Gasteiger partial charge in [0.1, 0.15) is 5.75 Å². The summed E-state index contributed by atoms with van der Waals surface area (Å²) in [6.07, 6.45) is -0.821. The molecule has 0 spiro atoms. The lowest BCUT2D eigenvalue weighted by Gasteiger charge is -2.10. The molecule has 3 rings (SSSR count). The van der Waals surface area contributed by atoms with Crippen LogP contribution >= 0.6 is 0 Å². The molecule has 0 bridgehead atoms. The van der Waals surface area contributed by atoms with Crippen LogP contribution in [0.2, 0.25) is 0 Å². The Morgan fingerprint density at radius 2 is 1.38 bits per heavy atom. The summed E-state index contributed by atoms with van der Waals surface area (Å²) >= 11 is 0. The number of anilines is 2. The minimum atomic E-state index is -0.821. The van der Waals surface area contributed by atoms with E-state index < -0.39 is 12.1 Å². The third-order valence-electron chi connectivity index (χ3n) is 4.43. The number of benzene rings is 3. The van der Waals surface area contributed by atoms with E-state index in [1.807, 2.05) is 0 Å². The van der Waals surface area contributed by atoms with E-state index in [0.717, 1.165) is 0 Å². The number of carbonyl (C=O) groups excluding carboxylic acids is 4. The molecule has 0 saturated heterocycles. The van der Waals surface area contributed by atoms with Gasteiger partial charge in [0, 0.05) is 22.5 Å². The Bertz CT molecular complexity index is 1160. The van der Waals surface area contributed by atoms with E-state index in [2.05, 4.69) is 16.0 Å². The van der Waals surface area contributed by atoms with Crippen LogP contribution in [0.5, 0.6) is 5.75 Å². The number of ether oxygens (including phenoxy) is 2. The van der Waals surface area contributed by atoms with Gasteiger partial charge >= 0.3 is 6.16 Å². The number of rotatable bonds is 8. The molecule has 0 unspecified atom stereocenters. The van der Waals surface area contributed by atoms with Crippen LogP contribution in [-0.4, -0.2) is 37.0 Å². The summed E-state index contributed by atoms with van der Waals surface area (Å²) in [4.78, 5) is 48.1. The molecule has 9 nitrogen and oxygen atoms in total. The van der Waals surface area contributed by atoms with Crippen LogP contribution in [0.3, 0.4) is 0 Å². The molecule has 0 heterocycles. The van der Waals surface area contributed by atoms with Crippen LogP contribution in [0.25, 0.3) is 0 Å². The number of carbonyl (C=O) groups is 4. The Kier molecular flexibility index (Phi) is 8.34. The van der Waals surface area contributed by atoms with E-state index in [4.69, 9.17) is 9.47 Å². The first-order valence-electron chi connectivity index (χ1n) is 10.4. The molecule has 0 aliphatic rings. The number of nitrogens with one attached hydrogen (secondary N) is 3. The monoisotopic (exact) mass is 461 g/mol. The van der Waals surface area contributed by atoms with Crippen LogP contribution in [0.15, 0.2) is 78.9 Å². The Labute approximate surface area is 196 Å². The van der Waals surface area contributed by atoms with Crippen LogP contribution in [0.4, 0.5) is 16.2 Å². The number of hydrogen-bond donors (Lipinski definition) is 3. The standard InChI is InChI=1S/C25H23N3O6/c1-2-33-25(32)34-21-13-11-18(12-14-21)24(31)28-20-10-6-9-19(15-20)27-22(29)16-26-23(30)17-7-4-3-5-8-17/h3-15H,2,16H2,1H3,(H,26,30)(H,27,29)(H,28,31). The van der Waals surface area contributed by atoms with Crippen molar-refractivity contribution in [1.82, 2.24) is 5.32 Å². The largest absolute Gasteiger partial charge is 0.513 e. The summed E-state index contributed by atoms with van der Waals surface area (Å²) < 4.78 is 9.66. The van der Waals surface area contributed by atoms with E-state index in [-0.39, 0.29) is 30.7 Å². The van der Waals surface area contributed by atoms with Crippen molar-refractivity contribution in [3.8, 4) is 5.75 Å². The fourth-order valence-electron chi connectivity index (χ4n) is 2.85. The van der Waals surface area contributed by atoms with Crippen molar-refractivity contribution in [3.05, 3.63) is 90.0 Å². The van der Waals surface area contributed by atoms with Gasteiger partial charge in [-0.15, -0.1) is 0 Å². The molecule has 0 atom stereocenters. The summed E-state index contributed by atoms with van der Waals surface area (Å²) in [7, 11) is 0. The molecule has 0 radical (unpaired) electrons. The zero-order valence-corrected chi connectivity index (χ0v) is 18.4. The maximum atomic E-state index is 12.5. The molecule has 3 aromatic carbocycles. The van der Waals surface area contributed by atoms with Crippen molar-refractivity contribution in [2.24, 2.45) is 0 Å². The average Bonchev–Trinajstić information content (AvgIpc) is 2.84. The smallest absolute Gasteiger partial charge is 0.434 e. The second kappa shape index (κ2) is 11.8. The molecule has 3 amide bonds. The van der Waals surface area contributed by atoms with Gasteiger partial charge < -0.3 is 25.4 Å². The van der Waals surface area contributed by atoms with Gasteiger partial charge in [-0.05, 0) is 61.5 Å². The molecular weight excluding hydrogens is 438 g/mol. The number of hydrogen-bond acceptors (Lipinski definition) is 6. The van der Waals surface area contributed by atoms with Crippen molar-refractivity contribution in [1.29, 1.82) is 0 Å². The second-order valence-electron chi connectivity index (χ2n) is 6.94. The van der Waals surface area contributed by atoms with Crippen LogP contribution in [0.1, 0.15) is 27.6 Å². The van der Waals surface area contributed by atoms with Gasteiger partial charge in [0.25, 0.3) is 11.8 Å². The fraction of sp³-hybridized carbons (Fsp3) is 0.120. The Balaban J connectivity index is 1.52. The van der Waals surface area contributed by atoms with Gasteiger partial charge in [-0.3, -0.25) is 14.4 Å². The van der Waals surface area contributed by atoms with Crippen LogP contribution in [0, 0.1) is 0 Å². The molecule has 0 aliphatic carbocycles. The van der Waals surface area contributed by atoms with Crippen molar-refractivity contribution in [2.75, 3.05) is 23.8 Å². The van der Waals surface area contributed by atoms with Gasteiger partial charge in [0.05, 0.1) is 13.2 Å². The summed E-state index contributed by atoms with van der Waals surface area (Å²) in [5.41, 5.74) is 1.72. The third kappa shape index (κ3) is 7.20. The normalized spacial score (nSPS) is 10.0. The predicted molar refractivity (Wildman–Crippen MR) is 126 cm³/mol. The van der Waals surface area contributed by atoms with Crippen LogP contribution in [-0.2, 0) is 9.53 Å². The quantitative estimate of drug-likeness (QED) is 0.346. The lowest BCUT2D eigenvalue weighted by atomic mass is 10.2. The maximum Gasteiger partial charge on any atom is 0.513 e. The molecule has 0 aromatic heterocycles. The van der Waals surface area contributed by atoms with Crippen LogP contribution < -0.4 is 20.7 Å². The first-order valence-corrected chi connectivity index (χ1v) is 10.4. The summed E-state index contributed by atoms with van der Waals surface area (Å²) in [6, 6.07) is 21.1. The highest BCUT2D eigenvalue weighted by molar-refractivity contribution is 6.05.